The molecule has 0 fully saturated rings. The normalized spacial score (nSPS) is 11.3. The summed E-state index contributed by atoms with van der Waals surface area (Å²) < 4.78 is 5.98. The van der Waals surface area contributed by atoms with Crippen molar-refractivity contribution in [3.05, 3.63) is 12.2 Å². The van der Waals surface area contributed by atoms with Gasteiger partial charge >= 0.3 is 11.9 Å². The Morgan fingerprint density at radius 3 is 1.88 bits per heavy atom. The number of carbonyl (C=O) groups excluding carboxylic acids is 1. The monoisotopic (exact) mass is 356 g/mol. The molecule has 0 aromatic rings. The van der Waals surface area contributed by atoms with Crippen molar-refractivity contribution in [2.75, 3.05) is 33.8 Å². The molecule has 0 spiro atoms. The molecule has 0 aliphatic rings. The van der Waals surface area contributed by atoms with Crippen molar-refractivity contribution in [1.82, 2.24) is 0 Å². The van der Waals surface area contributed by atoms with Gasteiger partial charge in [-0.05, 0) is 26.2 Å². The van der Waals surface area contributed by atoms with Crippen LogP contribution in [0.2, 0.25) is 0 Å². The minimum Gasteiger partial charge on any atom is -0.481 e. The number of hydrogen-bond donors (Lipinski definition) is 1. The van der Waals surface area contributed by atoms with Gasteiger partial charge in [0, 0.05) is 12.0 Å². The van der Waals surface area contributed by atoms with E-state index in [0.717, 1.165) is 36.8 Å². The zero-order valence-electron chi connectivity index (χ0n) is 16.5. The standard InChI is InChI=1S/C20H37NO4/c1-18(2)20(24)25-17-12-10-8-6-5-7-9-11-15-21(3,4)16-13-14-19(22)23/h1,5-17H2,2-4H3/p+1. The number of unbranched alkanes of at least 4 members (excludes halogenated alkanes) is 7. The maximum absolute atomic E-state index is 11.2. The molecule has 0 saturated heterocycles. The number of esters is 1. The first-order valence-corrected chi connectivity index (χ1v) is 9.61. The SMILES string of the molecule is C=C(C)C(=O)OCCCCCCCCCC[N+](C)(C)CCCC(=O)O. The van der Waals surface area contributed by atoms with Crippen LogP contribution >= 0.6 is 0 Å². The van der Waals surface area contributed by atoms with Crippen molar-refractivity contribution < 1.29 is 23.9 Å². The Morgan fingerprint density at radius 2 is 1.36 bits per heavy atom. The number of carbonyl (C=O) groups is 2. The van der Waals surface area contributed by atoms with Crippen LogP contribution in [0, 0.1) is 0 Å². The molecule has 0 aromatic carbocycles. The number of ether oxygens (including phenoxy) is 1. The molecule has 0 bridgehead atoms. The second-order valence-corrected chi connectivity index (χ2v) is 7.62. The van der Waals surface area contributed by atoms with Crippen LogP contribution in [0.5, 0.6) is 0 Å². The lowest BCUT2D eigenvalue weighted by molar-refractivity contribution is -0.890. The highest BCUT2D eigenvalue weighted by Crippen LogP contribution is 2.11. The van der Waals surface area contributed by atoms with Crippen LogP contribution in [0.3, 0.4) is 0 Å². The third-order valence-electron chi connectivity index (χ3n) is 4.39. The van der Waals surface area contributed by atoms with Crippen LogP contribution < -0.4 is 0 Å². The summed E-state index contributed by atoms with van der Waals surface area (Å²) >= 11 is 0. The lowest BCUT2D eigenvalue weighted by Gasteiger charge is -2.29. The predicted octanol–water partition coefficient (Wildman–Crippen LogP) is 4.17. The van der Waals surface area contributed by atoms with Gasteiger partial charge in [-0.1, -0.05) is 38.7 Å². The van der Waals surface area contributed by atoms with Gasteiger partial charge in [0.2, 0.25) is 0 Å². The zero-order valence-corrected chi connectivity index (χ0v) is 16.5. The molecule has 0 rings (SSSR count). The van der Waals surface area contributed by atoms with Crippen LogP contribution in [0.1, 0.15) is 71.1 Å². The molecule has 146 valence electrons. The van der Waals surface area contributed by atoms with Gasteiger partial charge < -0.3 is 14.3 Å². The molecule has 1 N–H and O–H groups in total. The minimum absolute atomic E-state index is 0.272. The van der Waals surface area contributed by atoms with Crippen molar-refractivity contribution in [3.8, 4) is 0 Å². The van der Waals surface area contributed by atoms with Crippen LogP contribution in [-0.4, -0.2) is 55.3 Å². The van der Waals surface area contributed by atoms with Gasteiger partial charge in [0.05, 0.1) is 40.2 Å². The lowest BCUT2D eigenvalue weighted by atomic mass is 10.1. The number of quaternary nitrogens is 1. The highest BCUT2D eigenvalue weighted by Gasteiger charge is 2.14. The molecule has 0 unspecified atom stereocenters. The molecular formula is C20H38NO4+. The van der Waals surface area contributed by atoms with Crippen molar-refractivity contribution in [3.63, 3.8) is 0 Å². The van der Waals surface area contributed by atoms with Gasteiger partial charge in [0.15, 0.2) is 0 Å². The Morgan fingerprint density at radius 1 is 0.880 bits per heavy atom. The summed E-state index contributed by atoms with van der Waals surface area (Å²) in [4.78, 5) is 21.7. The average molecular weight is 357 g/mol. The Bertz CT molecular complexity index is 405. The molecule has 0 saturated carbocycles. The third kappa shape index (κ3) is 15.9. The number of aliphatic carboxylic acids is 1. The van der Waals surface area contributed by atoms with E-state index in [1.807, 2.05) is 0 Å². The average Bonchev–Trinajstić information content (AvgIpc) is 2.51. The fourth-order valence-electron chi connectivity index (χ4n) is 2.76. The minimum atomic E-state index is -0.700. The summed E-state index contributed by atoms with van der Waals surface area (Å²) in [5.74, 6) is -0.988. The molecule has 0 aliphatic carbocycles. The molecule has 0 aliphatic heterocycles. The first kappa shape index (κ1) is 23.6. The number of carboxylic acid groups (broad SMARTS) is 1. The van der Waals surface area contributed by atoms with Crippen molar-refractivity contribution in [1.29, 1.82) is 0 Å². The number of rotatable bonds is 16. The maximum atomic E-state index is 11.2. The number of carboxylic acids is 1. The van der Waals surface area contributed by atoms with E-state index in [1.165, 1.54) is 38.5 Å². The molecule has 5 nitrogen and oxygen atoms in total. The third-order valence-corrected chi connectivity index (χ3v) is 4.39. The summed E-state index contributed by atoms with van der Waals surface area (Å²) in [5, 5.41) is 8.69. The summed E-state index contributed by atoms with van der Waals surface area (Å²) in [5.41, 5.74) is 0.462. The largest absolute Gasteiger partial charge is 0.481 e. The van der Waals surface area contributed by atoms with E-state index >= 15 is 0 Å². The fourth-order valence-corrected chi connectivity index (χ4v) is 2.76. The lowest BCUT2D eigenvalue weighted by Crippen LogP contribution is -2.41. The highest BCUT2D eigenvalue weighted by atomic mass is 16.5. The van der Waals surface area contributed by atoms with Gasteiger partial charge in [0.25, 0.3) is 0 Å². The van der Waals surface area contributed by atoms with E-state index in [-0.39, 0.29) is 12.4 Å². The Labute approximate surface area is 153 Å². The Hall–Kier alpha value is -1.36. The molecule has 5 heteroatoms. The first-order valence-electron chi connectivity index (χ1n) is 9.61. The van der Waals surface area contributed by atoms with Gasteiger partial charge in [-0.15, -0.1) is 0 Å². The Kier molecular flexibility index (Phi) is 13.1. The molecular weight excluding hydrogens is 318 g/mol. The predicted molar refractivity (Wildman–Crippen MR) is 101 cm³/mol. The van der Waals surface area contributed by atoms with Gasteiger partial charge in [-0.2, -0.15) is 0 Å². The number of hydrogen-bond acceptors (Lipinski definition) is 3. The van der Waals surface area contributed by atoms with Gasteiger partial charge in [-0.3, -0.25) is 4.79 Å². The Balaban J connectivity index is 3.39. The second-order valence-electron chi connectivity index (χ2n) is 7.62. The van der Waals surface area contributed by atoms with E-state index in [0.29, 0.717) is 12.2 Å². The summed E-state index contributed by atoms with van der Waals surface area (Å²) in [6.45, 7) is 7.77. The topological polar surface area (TPSA) is 63.6 Å². The number of nitrogens with zero attached hydrogens (tertiary/aromatic N) is 1. The maximum Gasteiger partial charge on any atom is 0.333 e. The fraction of sp³-hybridized carbons (Fsp3) is 0.800. The van der Waals surface area contributed by atoms with Crippen molar-refractivity contribution in [2.24, 2.45) is 0 Å². The quantitative estimate of drug-likeness (QED) is 0.195. The first-order chi connectivity index (χ1) is 11.7. The van der Waals surface area contributed by atoms with Crippen molar-refractivity contribution >= 4 is 11.9 Å². The molecule has 0 amide bonds. The van der Waals surface area contributed by atoms with Crippen molar-refractivity contribution in [2.45, 2.75) is 71.1 Å². The van der Waals surface area contributed by atoms with E-state index < -0.39 is 5.97 Å². The van der Waals surface area contributed by atoms with Crippen LogP contribution in [0.15, 0.2) is 12.2 Å². The summed E-state index contributed by atoms with van der Waals surface area (Å²) in [6.07, 6.45) is 10.5. The molecule has 0 aromatic heterocycles. The van der Waals surface area contributed by atoms with E-state index in [2.05, 4.69) is 20.7 Å². The van der Waals surface area contributed by atoms with Gasteiger partial charge in [0.1, 0.15) is 0 Å². The molecule has 0 heterocycles. The van der Waals surface area contributed by atoms with Crippen LogP contribution in [-0.2, 0) is 14.3 Å². The zero-order chi connectivity index (χ0) is 19.1. The highest BCUT2D eigenvalue weighted by molar-refractivity contribution is 5.86. The smallest absolute Gasteiger partial charge is 0.333 e. The molecule has 0 radical (unpaired) electrons. The van der Waals surface area contributed by atoms with Crippen LogP contribution in [0.25, 0.3) is 0 Å². The van der Waals surface area contributed by atoms with Gasteiger partial charge in [-0.25, -0.2) is 4.79 Å². The summed E-state index contributed by atoms with van der Waals surface area (Å²) in [7, 11) is 4.37. The van der Waals surface area contributed by atoms with E-state index in [1.54, 1.807) is 6.92 Å². The second kappa shape index (κ2) is 13.9. The van der Waals surface area contributed by atoms with E-state index in [4.69, 9.17) is 9.84 Å². The molecule has 0 atom stereocenters. The summed E-state index contributed by atoms with van der Waals surface area (Å²) in [6, 6.07) is 0. The van der Waals surface area contributed by atoms with E-state index in [9.17, 15) is 9.59 Å². The van der Waals surface area contributed by atoms with Crippen LogP contribution in [0.4, 0.5) is 0 Å². The molecule has 25 heavy (non-hydrogen) atoms.